The first-order chi connectivity index (χ1) is 12.0. The Labute approximate surface area is 151 Å². The Kier molecular flexibility index (Phi) is 6.18. The van der Waals surface area contributed by atoms with Crippen LogP contribution >= 0.6 is 0 Å². The molecule has 146 valence electrons. The molecule has 1 unspecified atom stereocenters. The van der Waals surface area contributed by atoms with Gasteiger partial charge in [0.25, 0.3) is 0 Å². The third-order valence-electron chi connectivity index (χ3n) is 4.26. The van der Waals surface area contributed by atoms with Gasteiger partial charge in [0.2, 0.25) is 0 Å². The third kappa shape index (κ3) is 5.11. The molecule has 1 aromatic rings. The number of ether oxygens (including phenoxy) is 1. The second-order valence-corrected chi connectivity index (χ2v) is 7.34. The topological polar surface area (TPSA) is 58.8 Å². The number of hydrogen-bond donors (Lipinski definition) is 1. The number of amides is 1. The fourth-order valence-electron chi connectivity index (χ4n) is 3.06. The predicted octanol–water partition coefficient (Wildman–Crippen LogP) is 3.26. The summed E-state index contributed by atoms with van der Waals surface area (Å²) in [5, 5.41) is 0. The molecule has 1 aromatic carbocycles. The van der Waals surface area contributed by atoms with Crippen LogP contribution < -0.4 is 5.73 Å². The van der Waals surface area contributed by atoms with Crippen LogP contribution in [0.1, 0.15) is 37.9 Å². The van der Waals surface area contributed by atoms with E-state index < -0.39 is 29.5 Å². The lowest BCUT2D eigenvalue weighted by atomic mass is 9.98. The minimum atomic E-state index is -4.43. The predicted molar refractivity (Wildman–Crippen MR) is 92.6 cm³/mol. The van der Waals surface area contributed by atoms with Gasteiger partial charge in [0, 0.05) is 38.8 Å². The molecule has 1 amide bonds. The van der Waals surface area contributed by atoms with Crippen LogP contribution in [0.3, 0.4) is 0 Å². The molecule has 0 bridgehead atoms. The van der Waals surface area contributed by atoms with Crippen LogP contribution in [0.25, 0.3) is 0 Å². The van der Waals surface area contributed by atoms with E-state index in [1.54, 1.807) is 31.7 Å². The second-order valence-electron chi connectivity index (χ2n) is 7.34. The van der Waals surface area contributed by atoms with Crippen molar-refractivity contribution < 1.29 is 22.7 Å². The van der Waals surface area contributed by atoms with Crippen molar-refractivity contribution in [2.45, 2.75) is 38.6 Å². The average molecular weight is 373 g/mol. The lowest BCUT2D eigenvalue weighted by Crippen LogP contribution is -2.52. The highest BCUT2D eigenvalue weighted by molar-refractivity contribution is 5.68. The van der Waals surface area contributed by atoms with Crippen molar-refractivity contribution in [1.82, 2.24) is 9.80 Å². The maximum atomic E-state index is 13.3. The van der Waals surface area contributed by atoms with Crippen molar-refractivity contribution in [3.8, 4) is 0 Å². The van der Waals surface area contributed by atoms with E-state index in [1.165, 1.54) is 12.1 Å². The molecule has 0 radical (unpaired) electrons. The molecule has 0 saturated carbocycles. The van der Waals surface area contributed by atoms with E-state index >= 15 is 0 Å². The zero-order valence-corrected chi connectivity index (χ0v) is 15.3. The van der Waals surface area contributed by atoms with Gasteiger partial charge in [-0.3, -0.25) is 4.90 Å². The number of nitrogens with zero attached hydrogens (tertiary/aromatic N) is 2. The van der Waals surface area contributed by atoms with Crippen molar-refractivity contribution in [3.05, 3.63) is 35.4 Å². The summed E-state index contributed by atoms with van der Waals surface area (Å²) in [7, 11) is 0. The maximum absolute atomic E-state index is 13.3. The van der Waals surface area contributed by atoms with E-state index in [2.05, 4.69) is 0 Å². The quantitative estimate of drug-likeness (QED) is 0.884. The Hall–Kier alpha value is -1.80. The van der Waals surface area contributed by atoms with Gasteiger partial charge in [-0.05, 0) is 32.4 Å². The summed E-state index contributed by atoms with van der Waals surface area (Å²) in [5.41, 5.74) is 4.74. The number of piperazine rings is 1. The summed E-state index contributed by atoms with van der Waals surface area (Å²) in [4.78, 5) is 15.6. The Morgan fingerprint density at radius 3 is 2.23 bits per heavy atom. The minimum absolute atomic E-state index is 0.0690. The zero-order valence-electron chi connectivity index (χ0n) is 15.3. The van der Waals surface area contributed by atoms with E-state index in [0.717, 1.165) is 6.07 Å². The molecule has 0 aliphatic carbocycles. The average Bonchev–Trinajstić information content (AvgIpc) is 2.54. The minimum Gasteiger partial charge on any atom is -0.444 e. The Morgan fingerprint density at radius 2 is 1.73 bits per heavy atom. The van der Waals surface area contributed by atoms with Gasteiger partial charge in [-0.1, -0.05) is 18.2 Å². The molecular formula is C18H26F3N3O2. The highest BCUT2D eigenvalue weighted by Gasteiger charge is 2.37. The van der Waals surface area contributed by atoms with Crippen LogP contribution in [0.5, 0.6) is 0 Å². The Morgan fingerprint density at radius 1 is 1.15 bits per heavy atom. The number of carbonyl (C=O) groups is 1. The maximum Gasteiger partial charge on any atom is 0.416 e. The van der Waals surface area contributed by atoms with Gasteiger partial charge in [0.05, 0.1) is 5.56 Å². The van der Waals surface area contributed by atoms with Crippen molar-refractivity contribution >= 4 is 6.09 Å². The monoisotopic (exact) mass is 373 g/mol. The molecule has 1 saturated heterocycles. The molecule has 1 aliphatic rings. The molecule has 2 N–H and O–H groups in total. The van der Waals surface area contributed by atoms with Gasteiger partial charge in [0.15, 0.2) is 0 Å². The van der Waals surface area contributed by atoms with Gasteiger partial charge in [-0.25, -0.2) is 4.79 Å². The van der Waals surface area contributed by atoms with Crippen molar-refractivity contribution in [2.75, 3.05) is 32.7 Å². The van der Waals surface area contributed by atoms with Crippen molar-refractivity contribution in [3.63, 3.8) is 0 Å². The number of halogens is 3. The number of hydrogen-bond acceptors (Lipinski definition) is 4. The van der Waals surface area contributed by atoms with Crippen LogP contribution in [0.2, 0.25) is 0 Å². The molecule has 1 atom stereocenters. The molecule has 8 heteroatoms. The molecule has 26 heavy (non-hydrogen) atoms. The Balaban J connectivity index is 2.09. The van der Waals surface area contributed by atoms with Crippen molar-refractivity contribution in [2.24, 2.45) is 5.73 Å². The first-order valence-corrected chi connectivity index (χ1v) is 8.61. The smallest absolute Gasteiger partial charge is 0.416 e. The van der Waals surface area contributed by atoms with E-state index in [0.29, 0.717) is 26.2 Å². The molecule has 1 heterocycles. The standard InChI is InChI=1S/C18H26F3N3O2/c1-17(2,3)26-16(25)24-10-8-23(9-11-24)15(12-22)13-6-4-5-7-14(13)18(19,20)21/h4-7,15H,8-12,22H2,1-3H3. The normalized spacial score (nSPS) is 17.9. The molecule has 0 spiro atoms. The Bertz CT molecular complexity index is 621. The number of benzene rings is 1. The molecule has 5 nitrogen and oxygen atoms in total. The summed E-state index contributed by atoms with van der Waals surface area (Å²) in [6.07, 6.45) is -4.83. The van der Waals surface area contributed by atoms with Gasteiger partial charge >= 0.3 is 12.3 Å². The van der Waals surface area contributed by atoms with E-state index in [4.69, 9.17) is 10.5 Å². The fourth-order valence-corrected chi connectivity index (χ4v) is 3.06. The zero-order chi connectivity index (χ0) is 19.5. The molecule has 0 aromatic heterocycles. The van der Waals surface area contributed by atoms with Gasteiger partial charge in [-0.15, -0.1) is 0 Å². The highest BCUT2D eigenvalue weighted by atomic mass is 19.4. The van der Waals surface area contributed by atoms with E-state index in [1.807, 2.05) is 4.90 Å². The number of rotatable bonds is 3. The summed E-state index contributed by atoms with van der Waals surface area (Å²) < 4.78 is 45.3. The van der Waals surface area contributed by atoms with E-state index in [9.17, 15) is 18.0 Å². The first kappa shape index (κ1) is 20.5. The summed E-state index contributed by atoms with van der Waals surface area (Å²) in [6, 6.07) is 4.97. The highest BCUT2D eigenvalue weighted by Crippen LogP contribution is 2.36. The third-order valence-corrected chi connectivity index (χ3v) is 4.26. The lowest BCUT2D eigenvalue weighted by Gasteiger charge is -2.40. The van der Waals surface area contributed by atoms with Gasteiger partial charge in [-0.2, -0.15) is 13.2 Å². The van der Waals surface area contributed by atoms with Crippen LogP contribution in [-0.4, -0.2) is 54.2 Å². The van der Waals surface area contributed by atoms with Crippen LogP contribution in [0.4, 0.5) is 18.0 Å². The second kappa shape index (κ2) is 7.84. The number of nitrogens with two attached hydrogens (primary N) is 1. The van der Waals surface area contributed by atoms with Crippen LogP contribution in [-0.2, 0) is 10.9 Å². The fraction of sp³-hybridized carbons (Fsp3) is 0.611. The summed E-state index contributed by atoms with van der Waals surface area (Å²) in [5.74, 6) is 0. The van der Waals surface area contributed by atoms with Crippen molar-refractivity contribution in [1.29, 1.82) is 0 Å². The summed E-state index contributed by atoms with van der Waals surface area (Å²) >= 11 is 0. The summed E-state index contributed by atoms with van der Waals surface area (Å²) in [6.45, 7) is 7.10. The molecular weight excluding hydrogens is 347 g/mol. The number of carbonyl (C=O) groups excluding carboxylic acids is 1. The van der Waals surface area contributed by atoms with E-state index in [-0.39, 0.29) is 12.1 Å². The van der Waals surface area contributed by atoms with Gasteiger partial charge in [0.1, 0.15) is 5.60 Å². The van der Waals surface area contributed by atoms with Crippen LogP contribution in [0.15, 0.2) is 24.3 Å². The molecule has 2 rings (SSSR count). The van der Waals surface area contributed by atoms with Gasteiger partial charge < -0.3 is 15.4 Å². The lowest BCUT2D eigenvalue weighted by molar-refractivity contribution is -0.138. The van der Waals surface area contributed by atoms with Crippen LogP contribution in [0, 0.1) is 0 Å². The number of alkyl halides is 3. The first-order valence-electron chi connectivity index (χ1n) is 8.61. The SMILES string of the molecule is CC(C)(C)OC(=O)N1CCN(C(CN)c2ccccc2C(F)(F)F)CC1. The molecule has 1 aliphatic heterocycles. The molecule has 1 fully saturated rings. The largest absolute Gasteiger partial charge is 0.444 e.